The van der Waals surface area contributed by atoms with Crippen molar-refractivity contribution in [3.8, 4) is 0 Å². The predicted molar refractivity (Wildman–Crippen MR) is 65.1 cm³/mol. The fraction of sp³-hybridized carbons (Fsp3) is 0.636. The first-order valence-corrected chi connectivity index (χ1v) is 5.99. The van der Waals surface area contributed by atoms with Crippen molar-refractivity contribution < 1.29 is 4.74 Å². The lowest BCUT2D eigenvalue weighted by Gasteiger charge is -2.37. The van der Waals surface area contributed by atoms with Gasteiger partial charge in [-0.3, -0.25) is 0 Å². The number of hydrogen-bond acceptors (Lipinski definition) is 6. The molecule has 2 saturated heterocycles. The minimum Gasteiger partial charge on any atom is -0.379 e. The van der Waals surface area contributed by atoms with Gasteiger partial charge < -0.3 is 20.7 Å². The van der Waals surface area contributed by atoms with Crippen LogP contribution in [0.4, 0.5) is 11.8 Å². The average molecular weight is 235 g/mol. The Morgan fingerprint density at radius 3 is 3.06 bits per heavy atom. The Hall–Kier alpha value is -1.40. The van der Waals surface area contributed by atoms with Crippen LogP contribution >= 0.6 is 0 Å². The van der Waals surface area contributed by atoms with Crippen molar-refractivity contribution in [1.82, 2.24) is 9.97 Å². The number of aromatic nitrogens is 2. The van der Waals surface area contributed by atoms with Crippen molar-refractivity contribution in [2.75, 3.05) is 36.5 Å². The Labute approximate surface area is 100 Å². The highest BCUT2D eigenvalue weighted by Gasteiger charge is 2.24. The van der Waals surface area contributed by atoms with Crippen molar-refractivity contribution in [2.24, 2.45) is 5.73 Å². The van der Waals surface area contributed by atoms with Crippen molar-refractivity contribution in [3.05, 3.63) is 12.3 Å². The third-order valence-corrected chi connectivity index (χ3v) is 3.14. The SMILES string of the molecule is NC1CN(c2ccnc(N[C@@H]3CCOC3)n2)C1. The maximum atomic E-state index is 5.76. The first kappa shape index (κ1) is 10.7. The molecule has 0 radical (unpaired) electrons. The summed E-state index contributed by atoms with van der Waals surface area (Å²) in [7, 11) is 0. The molecule has 2 aliphatic heterocycles. The molecule has 0 bridgehead atoms. The number of rotatable bonds is 3. The molecule has 1 aromatic heterocycles. The molecule has 3 heterocycles. The molecule has 0 aliphatic carbocycles. The fourth-order valence-electron chi connectivity index (χ4n) is 2.13. The lowest BCUT2D eigenvalue weighted by Crippen LogP contribution is -2.56. The Morgan fingerprint density at radius 1 is 1.47 bits per heavy atom. The number of hydrogen-bond donors (Lipinski definition) is 2. The minimum atomic E-state index is 0.282. The van der Waals surface area contributed by atoms with E-state index in [0.717, 1.165) is 38.5 Å². The normalized spacial score (nSPS) is 24.8. The lowest BCUT2D eigenvalue weighted by atomic mass is 10.1. The standard InChI is InChI=1S/C11H17N5O/c12-8-5-16(6-8)10-1-3-13-11(15-10)14-9-2-4-17-7-9/h1,3,8-9H,2,4-7,12H2,(H,13,14,15)/t9-/m1/s1. The molecule has 6 nitrogen and oxygen atoms in total. The van der Waals surface area contributed by atoms with Crippen LogP contribution in [0, 0.1) is 0 Å². The number of nitrogens with two attached hydrogens (primary N) is 1. The Kier molecular flexibility index (Phi) is 2.82. The van der Waals surface area contributed by atoms with Gasteiger partial charge in [-0.25, -0.2) is 4.98 Å². The highest BCUT2D eigenvalue weighted by atomic mass is 16.5. The number of nitrogens with zero attached hydrogens (tertiary/aromatic N) is 3. The minimum absolute atomic E-state index is 0.282. The summed E-state index contributed by atoms with van der Waals surface area (Å²) in [4.78, 5) is 10.9. The van der Waals surface area contributed by atoms with Gasteiger partial charge in [0.25, 0.3) is 0 Å². The van der Waals surface area contributed by atoms with E-state index in [1.54, 1.807) is 6.20 Å². The van der Waals surface area contributed by atoms with Gasteiger partial charge in [-0.1, -0.05) is 0 Å². The Bertz CT molecular complexity index is 387. The number of ether oxygens (including phenoxy) is 1. The molecular weight excluding hydrogens is 218 g/mol. The van der Waals surface area contributed by atoms with Gasteiger partial charge in [0.15, 0.2) is 0 Å². The highest BCUT2D eigenvalue weighted by Crippen LogP contribution is 2.18. The van der Waals surface area contributed by atoms with Gasteiger partial charge in [-0.2, -0.15) is 4.98 Å². The molecule has 3 N–H and O–H groups in total. The molecule has 0 unspecified atom stereocenters. The van der Waals surface area contributed by atoms with E-state index in [9.17, 15) is 0 Å². The molecule has 92 valence electrons. The topological polar surface area (TPSA) is 76.3 Å². The Morgan fingerprint density at radius 2 is 2.35 bits per heavy atom. The molecule has 17 heavy (non-hydrogen) atoms. The van der Waals surface area contributed by atoms with Crippen molar-refractivity contribution >= 4 is 11.8 Å². The summed E-state index contributed by atoms with van der Waals surface area (Å²) in [6, 6.07) is 2.54. The smallest absolute Gasteiger partial charge is 0.224 e. The van der Waals surface area contributed by atoms with E-state index < -0.39 is 0 Å². The average Bonchev–Trinajstić information content (AvgIpc) is 2.78. The third kappa shape index (κ3) is 2.32. The van der Waals surface area contributed by atoms with Gasteiger partial charge in [0.2, 0.25) is 5.95 Å². The zero-order chi connectivity index (χ0) is 11.7. The molecule has 6 heteroatoms. The van der Waals surface area contributed by atoms with E-state index in [-0.39, 0.29) is 6.04 Å². The van der Waals surface area contributed by atoms with Crippen LogP contribution in [0.25, 0.3) is 0 Å². The predicted octanol–water partition coefficient (Wildman–Crippen LogP) is -0.175. The van der Waals surface area contributed by atoms with E-state index in [1.165, 1.54) is 0 Å². The maximum absolute atomic E-state index is 5.76. The van der Waals surface area contributed by atoms with Crippen LogP contribution in [0.15, 0.2) is 12.3 Å². The number of nitrogens with one attached hydrogen (secondary N) is 1. The molecule has 2 aliphatic rings. The third-order valence-electron chi connectivity index (χ3n) is 3.14. The van der Waals surface area contributed by atoms with Gasteiger partial charge in [-0.05, 0) is 12.5 Å². The van der Waals surface area contributed by atoms with E-state index in [1.807, 2.05) is 6.07 Å². The highest BCUT2D eigenvalue weighted by molar-refractivity contribution is 5.45. The zero-order valence-electron chi connectivity index (χ0n) is 9.67. The molecular formula is C11H17N5O. The summed E-state index contributed by atoms with van der Waals surface area (Å²) in [5, 5.41) is 3.29. The molecule has 0 amide bonds. The zero-order valence-corrected chi connectivity index (χ0v) is 9.67. The van der Waals surface area contributed by atoms with Crippen molar-refractivity contribution in [2.45, 2.75) is 18.5 Å². The van der Waals surface area contributed by atoms with Crippen LogP contribution in [0.1, 0.15) is 6.42 Å². The second kappa shape index (κ2) is 4.46. The molecule has 1 aromatic rings. The molecule has 2 fully saturated rings. The second-order valence-electron chi connectivity index (χ2n) is 4.61. The molecule has 3 rings (SSSR count). The van der Waals surface area contributed by atoms with E-state index in [0.29, 0.717) is 12.0 Å². The summed E-state index contributed by atoms with van der Waals surface area (Å²) in [5.41, 5.74) is 5.76. The van der Waals surface area contributed by atoms with Crippen molar-refractivity contribution in [1.29, 1.82) is 0 Å². The van der Waals surface area contributed by atoms with Crippen LogP contribution in [0.2, 0.25) is 0 Å². The van der Waals surface area contributed by atoms with Gasteiger partial charge in [0.05, 0.1) is 12.6 Å². The summed E-state index contributed by atoms with van der Waals surface area (Å²) in [6.07, 6.45) is 2.80. The van der Waals surface area contributed by atoms with Gasteiger partial charge in [0, 0.05) is 31.9 Å². The molecule has 0 saturated carbocycles. The quantitative estimate of drug-likeness (QED) is 0.757. The number of anilines is 2. The summed E-state index contributed by atoms with van der Waals surface area (Å²) < 4.78 is 5.31. The van der Waals surface area contributed by atoms with Crippen LogP contribution < -0.4 is 16.0 Å². The first-order valence-electron chi connectivity index (χ1n) is 5.99. The summed E-state index contributed by atoms with van der Waals surface area (Å²) in [6.45, 7) is 3.31. The van der Waals surface area contributed by atoms with E-state index in [2.05, 4.69) is 20.2 Å². The van der Waals surface area contributed by atoms with Gasteiger partial charge in [-0.15, -0.1) is 0 Å². The molecule has 0 aromatic carbocycles. The van der Waals surface area contributed by atoms with Crippen LogP contribution in [0.5, 0.6) is 0 Å². The summed E-state index contributed by atoms with van der Waals surface area (Å²) in [5.74, 6) is 1.63. The van der Waals surface area contributed by atoms with E-state index in [4.69, 9.17) is 10.5 Å². The van der Waals surface area contributed by atoms with Crippen LogP contribution in [-0.4, -0.2) is 48.4 Å². The fourth-order valence-corrected chi connectivity index (χ4v) is 2.13. The largest absolute Gasteiger partial charge is 0.379 e. The molecule has 1 atom stereocenters. The maximum Gasteiger partial charge on any atom is 0.224 e. The first-order chi connectivity index (χ1) is 8.31. The van der Waals surface area contributed by atoms with Crippen LogP contribution in [0.3, 0.4) is 0 Å². The Balaban J connectivity index is 1.66. The van der Waals surface area contributed by atoms with Gasteiger partial charge in [0.1, 0.15) is 5.82 Å². The van der Waals surface area contributed by atoms with Gasteiger partial charge >= 0.3 is 0 Å². The second-order valence-corrected chi connectivity index (χ2v) is 4.61. The van der Waals surface area contributed by atoms with Crippen molar-refractivity contribution in [3.63, 3.8) is 0 Å². The summed E-state index contributed by atoms with van der Waals surface area (Å²) >= 11 is 0. The van der Waals surface area contributed by atoms with Crippen LogP contribution in [-0.2, 0) is 4.74 Å². The molecule has 0 spiro atoms. The van der Waals surface area contributed by atoms with E-state index >= 15 is 0 Å². The lowest BCUT2D eigenvalue weighted by molar-refractivity contribution is 0.195. The monoisotopic (exact) mass is 235 g/mol.